The van der Waals surface area contributed by atoms with Crippen LogP contribution in [0, 0.1) is 0 Å². The van der Waals surface area contributed by atoms with Crippen molar-refractivity contribution >= 4 is 79.7 Å². The summed E-state index contributed by atoms with van der Waals surface area (Å²) < 4.78 is 14.7. The second-order valence-corrected chi connectivity index (χ2v) is 23.4. The zero-order valence-electron chi connectivity index (χ0n) is 43.2. The summed E-state index contributed by atoms with van der Waals surface area (Å²) in [5.74, 6) is 0.791. The maximum absolute atomic E-state index is 7.49. The van der Waals surface area contributed by atoms with Gasteiger partial charge in [0, 0.05) is 33.0 Å². The molecule has 2 aromatic heterocycles. The SMILES string of the molecule is CC(C)(C)c1ccc(N2c3oc4cc5c(cc4c3[B]c3c(-c4cccc6c4Nc4ccccc4C6(c4ccccc4)c4ccccc4)cc4c(oc6ccccc64)c32)C(C)(C)CCC5(C)C)c(-c2ccccc2)c1. The Bertz CT molecular complexity index is 4020. The Morgan fingerprint density at radius 2 is 1.14 bits per heavy atom. The predicted molar refractivity (Wildman–Crippen MR) is 310 cm³/mol. The lowest BCUT2D eigenvalue weighted by Crippen LogP contribution is -2.41. The summed E-state index contributed by atoms with van der Waals surface area (Å²) in [5.41, 5.74) is 21.5. The van der Waals surface area contributed by atoms with E-state index in [1.54, 1.807) is 0 Å². The van der Waals surface area contributed by atoms with Crippen LogP contribution in [-0.4, -0.2) is 7.28 Å². The third-order valence-electron chi connectivity index (χ3n) is 17.0. The molecule has 1 radical (unpaired) electrons. The number of rotatable bonds is 5. The third kappa shape index (κ3) is 6.48. The number of nitrogens with zero attached hydrogens (tertiary/aromatic N) is 1. The summed E-state index contributed by atoms with van der Waals surface area (Å²) in [6, 6.07) is 71.6. The van der Waals surface area contributed by atoms with Crippen LogP contribution in [0.15, 0.2) is 203 Å². The first-order chi connectivity index (χ1) is 35.8. The highest BCUT2D eigenvalue weighted by Gasteiger charge is 2.46. The summed E-state index contributed by atoms with van der Waals surface area (Å²) in [6.07, 6.45) is 2.24. The molecule has 1 N–H and O–H groups in total. The van der Waals surface area contributed by atoms with Gasteiger partial charge in [-0.05, 0) is 133 Å². The van der Waals surface area contributed by atoms with Crippen molar-refractivity contribution in [2.45, 2.75) is 83.0 Å². The van der Waals surface area contributed by atoms with Gasteiger partial charge in [0.1, 0.15) is 11.2 Å². The number of anilines is 5. The van der Waals surface area contributed by atoms with Gasteiger partial charge in [-0.25, -0.2) is 0 Å². The molecule has 0 atom stereocenters. The molecule has 0 spiro atoms. The lowest BCUT2D eigenvalue weighted by Gasteiger charge is -2.43. The molecule has 11 aromatic rings. The van der Waals surface area contributed by atoms with Gasteiger partial charge in [0.05, 0.1) is 22.5 Å². The van der Waals surface area contributed by atoms with Crippen molar-refractivity contribution in [3.05, 3.63) is 233 Å². The first-order valence-electron chi connectivity index (χ1n) is 26.4. The van der Waals surface area contributed by atoms with Crippen molar-refractivity contribution in [2.75, 3.05) is 10.2 Å². The molecule has 0 bridgehead atoms. The standard InChI is InChI=1S/C69H58BN2O2/c1-66(2,3)45-34-35-57(48(38-45)42-22-11-8-12-23-42)72-63-60(70-61-51-40-54-55(41-59(51)74-65(61)72)68(6,7)37-36-67(54,4)5)49(39-50-46-28-17-20-33-58(46)73-64(50)63)47-29-21-31-53-62(47)71-56-32-19-18-30-52(56)69(53,43-24-13-9-14-25-43)44-26-15-10-16-27-44/h8-35,38-41,71H,36-37H2,1-7H3. The predicted octanol–water partition coefficient (Wildman–Crippen LogP) is 17.2. The van der Waals surface area contributed by atoms with Crippen molar-refractivity contribution in [2.24, 2.45) is 0 Å². The van der Waals surface area contributed by atoms with Gasteiger partial charge in [0.15, 0.2) is 11.5 Å². The largest absolute Gasteiger partial charge is 0.454 e. The molecule has 0 amide bonds. The van der Waals surface area contributed by atoms with Crippen LogP contribution in [0.5, 0.6) is 0 Å². The van der Waals surface area contributed by atoms with E-state index in [9.17, 15) is 0 Å². The van der Waals surface area contributed by atoms with Crippen LogP contribution >= 0.6 is 0 Å². The third-order valence-corrected chi connectivity index (χ3v) is 17.0. The molecule has 0 saturated carbocycles. The smallest absolute Gasteiger partial charge is 0.203 e. The van der Waals surface area contributed by atoms with Gasteiger partial charge in [-0.15, -0.1) is 0 Å². The summed E-state index contributed by atoms with van der Waals surface area (Å²) in [4.78, 5) is 2.42. The maximum atomic E-state index is 7.49. The molecule has 1 aliphatic carbocycles. The average molecular weight is 958 g/mol. The Labute approximate surface area is 434 Å². The lowest BCUT2D eigenvalue weighted by molar-refractivity contribution is 0.332. The Morgan fingerprint density at radius 1 is 0.500 bits per heavy atom. The Morgan fingerprint density at radius 3 is 1.85 bits per heavy atom. The van der Waals surface area contributed by atoms with Crippen LogP contribution in [0.1, 0.15) is 100 Å². The highest BCUT2D eigenvalue weighted by atomic mass is 16.4. The molecule has 2 aliphatic heterocycles. The molecule has 4 nitrogen and oxygen atoms in total. The minimum Gasteiger partial charge on any atom is -0.454 e. The molecule has 9 aromatic carbocycles. The zero-order valence-corrected chi connectivity index (χ0v) is 43.2. The molecule has 14 rings (SSSR count). The Balaban J connectivity index is 1.13. The first kappa shape index (κ1) is 44.7. The number of furan rings is 2. The topological polar surface area (TPSA) is 41.6 Å². The fraction of sp³-hybridized carbons (Fsp3) is 0.188. The molecule has 0 fully saturated rings. The molecule has 4 heterocycles. The fourth-order valence-corrected chi connectivity index (χ4v) is 13.0. The van der Waals surface area contributed by atoms with Gasteiger partial charge in [0.25, 0.3) is 0 Å². The van der Waals surface area contributed by atoms with Gasteiger partial charge in [-0.3, -0.25) is 4.90 Å². The van der Waals surface area contributed by atoms with E-state index in [0.717, 1.165) is 108 Å². The van der Waals surface area contributed by atoms with E-state index in [2.05, 4.69) is 260 Å². The minimum absolute atomic E-state index is 0.000605. The molecule has 359 valence electrons. The maximum Gasteiger partial charge on any atom is 0.203 e. The van der Waals surface area contributed by atoms with E-state index in [4.69, 9.17) is 8.83 Å². The quantitative estimate of drug-likeness (QED) is 0.175. The van der Waals surface area contributed by atoms with Crippen LogP contribution in [0.25, 0.3) is 55.2 Å². The van der Waals surface area contributed by atoms with Gasteiger partial charge in [-0.2, -0.15) is 0 Å². The second kappa shape index (κ2) is 16.0. The molecule has 0 unspecified atom stereocenters. The molecular formula is C69H58BN2O2. The first-order valence-corrected chi connectivity index (χ1v) is 26.4. The van der Waals surface area contributed by atoms with Crippen molar-refractivity contribution in [1.82, 2.24) is 0 Å². The van der Waals surface area contributed by atoms with Gasteiger partial charge < -0.3 is 14.2 Å². The van der Waals surface area contributed by atoms with Crippen molar-refractivity contribution < 1.29 is 8.83 Å². The number of para-hydroxylation sites is 3. The van der Waals surface area contributed by atoms with Crippen LogP contribution in [0.4, 0.5) is 28.6 Å². The van der Waals surface area contributed by atoms with Crippen LogP contribution in [-0.2, 0) is 21.7 Å². The highest BCUT2D eigenvalue weighted by molar-refractivity contribution is 6.76. The molecular weight excluding hydrogens is 900 g/mol. The summed E-state index contributed by atoms with van der Waals surface area (Å²) in [5, 5.41) is 7.34. The van der Waals surface area contributed by atoms with Crippen LogP contribution in [0.2, 0.25) is 0 Å². The van der Waals surface area contributed by atoms with Crippen molar-refractivity contribution in [3.8, 4) is 22.3 Å². The lowest BCUT2D eigenvalue weighted by atomic mass is 9.57. The molecule has 5 heteroatoms. The summed E-state index contributed by atoms with van der Waals surface area (Å²) in [6.45, 7) is 16.5. The summed E-state index contributed by atoms with van der Waals surface area (Å²) >= 11 is 0. The van der Waals surface area contributed by atoms with Gasteiger partial charge in [-0.1, -0.05) is 200 Å². The average Bonchev–Trinajstić information content (AvgIpc) is 3.98. The summed E-state index contributed by atoms with van der Waals surface area (Å²) in [7, 11) is 2.42. The van der Waals surface area contributed by atoms with E-state index in [-0.39, 0.29) is 16.2 Å². The van der Waals surface area contributed by atoms with E-state index in [1.165, 1.54) is 38.9 Å². The number of nitrogens with one attached hydrogen (secondary N) is 1. The van der Waals surface area contributed by atoms with Gasteiger partial charge in [0.2, 0.25) is 7.28 Å². The van der Waals surface area contributed by atoms with Crippen LogP contribution < -0.4 is 21.1 Å². The van der Waals surface area contributed by atoms with Crippen molar-refractivity contribution in [1.29, 1.82) is 0 Å². The van der Waals surface area contributed by atoms with E-state index >= 15 is 0 Å². The van der Waals surface area contributed by atoms with E-state index < -0.39 is 5.41 Å². The van der Waals surface area contributed by atoms with Crippen molar-refractivity contribution in [3.63, 3.8) is 0 Å². The normalized spacial score (nSPS) is 15.9. The zero-order chi connectivity index (χ0) is 50.3. The Kier molecular flexibility index (Phi) is 9.65. The minimum atomic E-state index is -0.634. The fourth-order valence-electron chi connectivity index (χ4n) is 13.0. The highest BCUT2D eigenvalue weighted by Crippen LogP contribution is 2.57. The monoisotopic (exact) mass is 957 g/mol. The number of hydrogen-bond acceptors (Lipinski definition) is 4. The second-order valence-electron chi connectivity index (χ2n) is 23.4. The van der Waals surface area contributed by atoms with Gasteiger partial charge >= 0.3 is 0 Å². The Hall–Kier alpha value is -8.02. The number of fused-ring (bicyclic) bond motifs is 11. The molecule has 0 saturated heterocycles. The van der Waals surface area contributed by atoms with E-state index in [0.29, 0.717) is 0 Å². The van der Waals surface area contributed by atoms with E-state index in [1.807, 2.05) is 0 Å². The molecule has 3 aliphatic rings. The van der Waals surface area contributed by atoms with Crippen LogP contribution in [0.3, 0.4) is 0 Å². The number of benzene rings is 9. The number of hydrogen-bond donors (Lipinski definition) is 1. The molecule has 74 heavy (non-hydrogen) atoms.